The first-order chi connectivity index (χ1) is 11.5. The molecule has 3 rings (SSSR count). The van der Waals surface area contributed by atoms with Gasteiger partial charge in [-0.25, -0.2) is 4.79 Å². The maximum atomic E-state index is 12.1. The summed E-state index contributed by atoms with van der Waals surface area (Å²) in [6.07, 6.45) is 0. The molecule has 132 valence electrons. The summed E-state index contributed by atoms with van der Waals surface area (Å²) in [5.41, 5.74) is 3.67. The van der Waals surface area contributed by atoms with Gasteiger partial charge in [-0.3, -0.25) is 15.3 Å². The highest BCUT2D eigenvalue weighted by atomic mass is 35.5. The van der Waals surface area contributed by atoms with E-state index in [0.29, 0.717) is 11.1 Å². The first-order valence-corrected chi connectivity index (χ1v) is 7.71. The number of aromatic amines is 1. The van der Waals surface area contributed by atoms with Gasteiger partial charge in [0.2, 0.25) is 10.8 Å². The van der Waals surface area contributed by atoms with Crippen LogP contribution >= 0.6 is 12.4 Å². The molecular weight excluding hydrogens is 346 g/mol. The Kier molecular flexibility index (Phi) is 5.30. The zero-order valence-corrected chi connectivity index (χ0v) is 14.7. The van der Waals surface area contributed by atoms with Gasteiger partial charge in [-0.15, -0.1) is 12.4 Å². The minimum Gasteiger partial charge on any atom is -0.449 e. The fraction of sp³-hybridized carbons (Fsp3) is 0.235. The number of benzene rings is 1. The lowest BCUT2D eigenvalue weighted by atomic mass is 10.2. The van der Waals surface area contributed by atoms with Crippen molar-refractivity contribution in [2.45, 2.75) is 13.8 Å². The van der Waals surface area contributed by atoms with Crippen LogP contribution in [0.3, 0.4) is 0 Å². The van der Waals surface area contributed by atoms with Gasteiger partial charge in [0, 0.05) is 30.9 Å². The van der Waals surface area contributed by atoms with Crippen LogP contribution in [0, 0.1) is 10.8 Å². The second kappa shape index (κ2) is 7.08. The van der Waals surface area contributed by atoms with Crippen LogP contribution < -0.4 is 21.5 Å². The van der Waals surface area contributed by atoms with Crippen molar-refractivity contribution >= 4 is 35.1 Å². The average molecular weight is 365 g/mol. The van der Waals surface area contributed by atoms with E-state index < -0.39 is 16.8 Å². The first-order valence-electron chi connectivity index (χ1n) is 7.71. The number of H-pyrrole nitrogens is 1. The number of nitrogens with one attached hydrogen (secondary N) is 1. The van der Waals surface area contributed by atoms with Gasteiger partial charge in [-0.05, 0) is 26.0 Å². The molecule has 0 bridgehead atoms. The molecule has 1 heterocycles. The van der Waals surface area contributed by atoms with Gasteiger partial charge < -0.3 is 14.3 Å². The molecule has 0 aromatic heterocycles. The summed E-state index contributed by atoms with van der Waals surface area (Å²) in [4.78, 5) is 40.7. The highest BCUT2D eigenvalue weighted by Gasteiger charge is 2.15. The summed E-state index contributed by atoms with van der Waals surface area (Å²) < 4.78 is 5.68. The molecule has 0 spiro atoms. The van der Waals surface area contributed by atoms with E-state index in [1.54, 1.807) is 6.07 Å². The Morgan fingerprint density at radius 1 is 1.20 bits per heavy atom. The van der Waals surface area contributed by atoms with Gasteiger partial charge in [-0.2, -0.15) is 0 Å². The van der Waals surface area contributed by atoms with Crippen LogP contribution in [0.5, 0.6) is 0 Å². The summed E-state index contributed by atoms with van der Waals surface area (Å²) >= 11 is 0. The van der Waals surface area contributed by atoms with Crippen LogP contribution in [-0.2, 0) is 0 Å². The summed E-state index contributed by atoms with van der Waals surface area (Å²) in [6, 6.07) is 6.56. The van der Waals surface area contributed by atoms with Crippen LogP contribution in [0.25, 0.3) is 11.1 Å². The number of halogens is 1. The van der Waals surface area contributed by atoms with Crippen molar-refractivity contribution in [3.8, 4) is 0 Å². The number of rotatable bonds is 4. The maximum Gasteiger partial charge on any atom is 0.343 e. The Morgan fingerprint density at radius 2 is 1.88 bits per heavy atom. The number of aromatic nitrogens is 1. The van der Waals surface area contributed by atoms with Crippen molar-refractivity contribution in [1.82, 2.24) is 4.98 Å². The van der Waals surface area contributed by atoms with Gasteiger partial charge in [0.05, 0.1) is 5.52 Å². The Morgan fingerprint density at radius 3 is 2.48 bits per heavy atom. The number of hydrogen-bond donors (Lipinski definition) is 2. The maximum absolute atomic E-state index is 12.1. The zero-order chi connectivity index (χ0) is 17.4. The van der Waals surface area contributed by atoms with E-state index >= 15 is 0 Å². The third-order valence-electron chi connectivity index (χ3n) is 4.07. The summed E-state index contributed by atoms with van der Waals surface area (Å²) in [5, 5.41) is 0.197. The Bertz CT molecular complexity index is 1120. The van der Waals surface area contributed by atoms with Crippen LogP contribution in [0.1, 0.15) is 24.2 Å². The standard InChI is InChI=1S/C17H17N3O4.ClH/c1-3-20(4-2)9-5-6-11-13(7-9)24-16-14(19-11)10(17(18)23)8-12(21)15(16)22;/h5-8,19H,3-4H2,1-2H3,(H2,18,23);1H/p+1. The van der Waals surface area contributed by atoms with Gasteiger partial charge in [0.25, 0.3) is 5.43 Å². The molecule has 0 fully saturated rings. The van der Waals surface area contributed by atoms with Crippen molar-refractivity contribution in [3.05, 3.63) is 61.0 Å². The molecule has 1 aromatic rings. The normalized spacial score (nSPS) is 10.7. The molecule has 0 radical (unpaired) electrons. The molecule has 1 aliphatic heterocycles. The topological polar surface area (TPSA) is 111 Å². The quantitative estimate of drug-likeness (QED) is 0.667. The van der Waals surface area contributed by atoms with Crippen LogP contribution in [-0.4, -0.2) is 24.0 Å². The van der Waals surface area contributed by atoms with Crippen molar-refractivity contribution in [2.75, 3.05) is 18.0 Å². The van der Waals surface area contributed by atoms with E-state index in [9.17, 15) is 14.4 Å². The van der Waals surface area contributed by atoms with Gasteiger partial charge in [-0.1, -0.05) is 0 Å². The average Bonchev–Trinajstić information content (AvgIpc) is 2.57. The smallest absolute Gasteiger partial charge is 0.343 e. The highest BCUT2D eigenvalue weighted by Crippen LogP contribution is 2.21. The molecule has 0 atom stereocenters. The second-order valence-electron chi connectivity index (χ2n) is 5.46. The fourth-order valence-electron chi connectivity index (χ4n) is 2.79. The van der Waals surface area contributed by atoms with E-state index in [0.717, 1.165) is 24.8 Å². The third-order valence-corrected chi connectivity index (χ3v) is 4.07. The number of carbonyl (C=O) groups is 1. The lowest BCUT2D eigenvalue weighted by Crippen LogP contribution is -2.57. The van der Waals surface area contributed by atoms with Gasteiger partial charge in [0.15, 0.2) is 5.58 Å². The summed E-state index contributed by atoms with van der Waals surface area (Å²) in [5.74, 6) is -0.553. The molecule has 1 amide bonds. The molecule has 0 unspecified atom stereocenters. The van der Waals surface area contributed by atoms with Gasteiger partial charge in [0.1, 0.15) is 10.9 Å². The lowest BCUT2D eigenvalue weighted by molar-refractivity contribution is -0.255. The monoisotopic (exact) mass is 364 g/mol. The number of fused-ring (bicyclic) bond motifs is 1. The number of quaternary nitrogens is 1. The lowest BCUT2D eigenvalue weighted by Gasteiger charge is -2.20. The van der Waals surface area contributed by atoms with Crippen LogP contribution in [0.15, 0.2) is 38.3 Å². The SMILES string of the molecule is CCN(CC)c1ccc2[nH]c3c(C([NH3+])=O)cc(=O)c(=O)c=3oc2c1.Cl. The number of amides is 1. The summed E-state index contributed by atoms with van der Waals surface area (Å²) in [6.45, 7) is 5.75. The number of nitrogens with zero attached hydrogens (tertiary/aromatic N) is 1. The van der Waals surface area contributed by atoms with Crippen LogP contribution in [0.2, 0.25) is 0 Å². The van der Waals surface area contributed by atoms with Gasteiger partial charge >= 0.3 is 5.91 Å². The second-order valence-corrected chi connectivity index (χ2v) is 5.46. The molecule has 0 saturated carbocycles. The van der Waals surface area contributed by atoms with Crippen molar-refractivity contribution < 1.29 is 14.9 Å². The molecule has 0 saturated heterocycles. The molecule has 25 heavy (non-hydrogen) atoms. The molecule has 1 aliphatic carbocycles. The van der Waals surface area contributed by atoms with Crippen molar-refractivity contribution in [3.63, 3.8) is 0 Å². The largest absolute Gasteiger partial charge is 0.449 e. The third kappa shape index (κ3) is 3.16. The summed E-state index contributed by atoms with van der Waals surface area (Å²) in [7, 11) is 0. The number of carbonyl (C=O) groups excluding carboxylic acids is 1. The minimum absolute atomic E-state index is 0. The van der Waals surface area contributed by atoms with E-state index in [1.807, 2.05) is 26.0 Å². The van der Waals surface area contributed by atoms with Crippen LogP contribution in [0.4, 0.5) is 5.69 Å². The predicted molar refractivity (Wildman–Crippen MR) is 96.4 cm³/mol. The van der Waals surface area contributed by atoms with Crippen molar-refractivity contribution in [2.24, 2.45) is 0 Å². The number of hydrogen-bond acceptors (Lipinski definition) is 5. The highest BCUT2D eigenvalue weighted by molar-refractivity contribution is 5.86. The zero-order valence-electron chi connectivity index (χ0n) is 13.9. The van der Waals surface area contributed by atoms with E-state index in [2.05, 4.69) is 15.6 Å². The van der Waals surface area contributed by atoms with E-state index in [1.165, 1.54) is 0 Å². The molecule has 1 aromatic carbocycles. The number of anilines is 1. The molecule has 2 aliphatic rings. The molecular formula is C17H19ClN3O4+. The predicted octanol–water partition coefficient (Wildman–Crippen LogP) is 0.856. The minimum atomic E-state index is -0.786. The Balaban J connectivity index is 0.00000225. The molecule has 4 N–H and O–H groups in total. The van der Waals surface area contributed by atoms with E-state index in [4.69, 9.17) is 4.42 Å². The molecule has 7 nitrogen and oxygen atoms in total. The van der Waals surface area contributed by atoms with Crippen molar-refractivity contribution in [1.29, 1.82) is 0 Å². The Hall–Kier alpha value is -2.64. The fourth-order valence-corrected chi connectivity index (χ4v) is 2.79. The molecule has 8 heteroatoms. The first kappa shape index (κ1) is 18.7. The van der Waals surface area contributed by atoms with E-state index in [-0.39, 0.29) is 28.7 Å². The Labute approximate surface area is 148 Å².